The second kappa shape index (κ2) is 8.62. The summed E-state index contributed by atoms with van der Waals surface area (Å²) in [4.78, 5) is 35.9. The van der Waals surface area contributed by atoms with Crippen molar-refractivity contribution < 1.29 is 19.1 Å². The highest BCUT2D eigenvalue weighted by Gasteiger charge is 2.16. The molecule has 0 radical (unpaired) electrons. The van der Waals surface area contributed by atoms with Gasteiger partial charge in [0.1, 0.15) is 0 Å². The van der Waals surface area contributed by atoms with Gasteiger partial charge in [-0.2, -0.15) is 0 Å². The minimum atomic E-state index is -0.655. The standard InChI is InChI=1S/C22H25NO4/c1-15-7-5-6-8-17(15)13-20(25)27-14-19(24)23-21(26)16-9-11-18(12-10-16)22(2,3)4/h5-12H,13-14H2,1-4H3,(H,23,24,26). The van der Waals surface area contributed by atoms with Crippen molar-refractivity contribution in [3.63, 3.8) is 0 Å². The van der Waals surface area contributed by atoms with Gasteiger partial charge in [0.15, 0.2) is 6.61 Å². The largest absolute Gasteiger partial charge is 0.455 e. The number of carbonyl (C=O) groups is 3. The van der Waals surface area contributed by atoms with Crippen LogP contribution in [0.15, 0.2) is 48.5 Å². The summed E-state index contributed by atoms with van der Waals surface area (Å²) in [7, 11) is 0. The molecule has 0 saturated heterocycles. The van der Waals surface area contributed by atoms with E-state index in [1.807, 2.05) is 43.3 Å². The van der Waals surface area contributed by atoms with Crippen molar-refractivity contribution in [2.75, 3.05) is 6.61 Å². The molecule has 0 spiro atoms. The Morgan fingerprint density at radius 2 is 1.59 bits per heavy atom. The van der Waals surface area contributed by atoms with Gasteiger partial charge in [0, 0.05) is 5.56 Å². The van der Waals surface area contributed by atoms with Gasteiger partial charge in [0.25, 0.3) is 11.8 Å². The topological polar surface area (TPSA) is 72.5 Å². The number of carbonyl (C=O) groups excluding carboxylic acids is 3. The lowest BCUT2D eigenvalue weighted by molar-refractivity contribution is -0.147. The molecule has 0 aromatic heterocycles. The normalized spacial score (nSPS) is 11.0. The smallest absolute Gasteiger partial charge is 0.310 e. The number of esters is 1. The van der Waals surface area contributed by atoms with Crippen LogP contribution in [0.1, 0.15) is 47.8 Å². The zero-order chi connectivity index (χ0) is 20.0. The summed E-state index contributed by atoms with van der Waals surface area (Å²) in [6.45, 7) is 7.65. The van der Waals surface area contributed by atoms with Gasteiger partial charge in [0.2, 0.25) is 0 Å². The van der Waals surface area contributed by atoms with Crippen molar-refractivity contribution in [1.82, 2.24) is 5.32 Å². The number of rotatable bonds is 5. The van der Waals surface area contributed by atoms with E-state index in [0.29, 0.717) is 5.56 Å². The molecule has 0 aliphatic carbocycles. The molecule has 0 aliphatic rings. The van der Waals surface area contributed by atoms with E-state index in [9.17, 15) is 14.4 Å². The summed E-state index contributed by atoms with van der Waals surface area (Å²) < 4.78 is 4.96. The van der Waals surface area contributed by atoms with E-state index in [1.54, 1.807) is 12.1 Å². The number of amides is 2. The van der Waals surface area contributed by atoms with Crippen molar-refractivity contribution >= 4 is 17.8 Å². The fourth-order valence-electron chi connectivity index (χ4n) is 2.52. The van der Waals surface area contributed by atoms with E-state index >= 15 is 0 Å². The molecule has 1 N–H and O–H groups in total. The third-order valence-corrected chi connectivity index (χ3v) is 4.23. The van der Waals surface area contributed by atoms with Gasteiger partial charge in [-0.3, -0.25) is 19.7 Å². The first-order valence-electron chi connectivity index (χ1n) is 8.81. The molecule has 2 aromatic carbocycles. The molecule has 27 heavy (non-hydrogen) atoms. The minimum Gasteiger partial charge on any atom is -0.455 e. The first-order valence-corrected chi connectivity index (χ1v) is 8.81. The first kappa shape index (κ1) is 20.4. The maximum Gasteiger partial charge on any atom is 0.310 e. The Bertz CT molecular complexity index is 832. The number of aryl methyl sites for hydroxylation is 1. The van der Waals surface area contributed by atoms with Crippen LogP contribution in [-0.2, 0) is 26.2 Å². The zero-order valence-corrected chi connectivity index (χ0v) is 16.2. The molecule has 5 heteroatoms. The molecule has 0 bridgehead atoms. The van der Waals surface area contributed by atoms with E-state index < -0.39 is 24.4 Å². The molecule has 0 heterocycles. The number of imide groups is 1. The van der Waals surface area contributed by atoms with Gasteiger partial charge >= 0.3 is 5.97 Å². The molecule has 2 aromatic rings. The highest BCUT2D eigenvalue weighted by Crippen LogP contribution is 2.22. The lowest BCUT2D eigenvalue weighted by atomic mass is 9.87. The van der Waals surface area contributed by atoms with E-state index in [0.717, 1.165) is 16.7 Å². The number of hydrogen-bond donors (Lipinski definition) is 1. The van der Waals surface area contributed by atoms with Gasteiger partial charge in [0.05, 0.1) is 6.42 Å². The molecule has 0 saturated carbocycles. The number of hydrogen-bond acceptors (Lipinski definition) is 4. The van der Waals surface area contributed by atoms with Crippen molar-refractivity contribution in [3.05, 3.63) is 70.8 Å². The summed E-state index contributed by atoms with van der Waals surface area (Å²) in [6.07, 6.45) is 0.0855. The number of benzene rings is 2. The second-order valence-electron chi connectivity index (χ2n) is 7.47. The van der Waals surface area contributed by atoms with Crippen LogP contribution in [-0.4, -0.2) is 24.4 Å². The Morgan fingerprint density at radius 3 is 2.19 bits per heavy atom. The molecular weight excluding hydrogens is 342 g/mol. The number of ether oxygens (including phenoxy) is 1. The zero-order valence-electron chi connectivity index (χ0n) is 16.2. The molecule has 142 valence electrons. The van der Waals surface area contributed by atoms with Gasteiger partial charge in [-0.05, 0) is 41.2 Å². The average molecular weight is 367 g/mol. The summed E-state index contributed by atoms with van der Waals surface area (Å²) in [5, 5.41) is 2.23. The molecule has 0 unspecified atom stereocenters. The second-order valence-corrected chi connectivity index (χ2v) is 7.47. The van der Waals surface area contributed by atoms with Crippen molar-refractivity contribution in [3.8, 4) is 0 Å². The van der Waals surface area contributed by atoms with Crippen molar-refractivity contribution in [2.24, 2.45) is 0 Å². The molecule has 2 rings (SSSR count). The summed E-state index contributed by atoms with van der Waals surface area (Å²) in [6, 6.07) is 14.5. The summed E-state index contributed by atoms with van der Waals surface area (Å²) >= 11 is 0. The van der Waals surface area contributed by atoms with Crippen molar-refractivity contribution in [2.45, 2.75) is 39.5 Å². The Morgan fingerprint density at radius 1 is 0.963 bits per heavy atom. The predicted molar refractivity (Wildman–Crippen MR) is 103 cm³/mol. The molecule has 0 aliphatic heterocycles. The lowest BCUT2D eigenvalue weighted by Crippen LogP contribution is -2.34. The third-order valence-electron chi connectivity index (χ3n) is 4.23. The van der Waals surface area contributed by atoms with Crippen LogP contribution in [0.3, 0.4) is 0 Å². The van der Waals surface area contributed by atoms with Gasteiger partial charge in [-0.15, -0.1) is 0 Å². The SMILES string of the molecule is Cc1ccccc1CC(=O)OCC(=O)NC(=O)c1ccc(C(C)(C)C)cc1. The number of nitrogens with one attached hydrogen (secondary N) is 1. The summed E-state index contributed by atoms with van der Waals surface area (Å²) in [5.74, 6) is -1.69. The Kier molecular flexibility index (Phi) is 6.50. The van der Waals surface area contributed by atoms with Crippen LogP contribution in [0.4, 0.5) is 0 Å². The maximum absolute atomic E-state index is 12.1. The quantitative estimate of drug-likeness (QED) is 0.823. The van der Waals surface area contributed by atoms with Crippen LogP contribution >= 0.6 is 0 Å². The fraction of sp³-hybridized carbons (Fsp3) is 0.318. The highest BCUT2D eigenvalue weighted by molar-refractivity contribution is 6.05. The van der Waals surface area contributed by atoms with Crippen molar-refractivity contribution in [1.29, 1.82) is 0 Å². The van der Waals surface area contributed by atoms with E-state index in [-0.39, 0.29) is 11.8 Å². The monoisotopic (exact) mass is 367 g/mol. The summed E-state index contributed by atoms with van der Waals surface area (Å²) in [5.41, 5.74) is 3.28. The Balaban J connectivity index is 1.83. The molecule has 0 atom stereocenters. The molecule has 5 nitrogen and oxygen atoms in total. The van der Waals surface area contributed by atoms with E-state index in [1.165, 1.54) is 0 Å². The predicted octanol–water partition coefficient (Wildman–Crippen LogP) is 3.33. The lowest BCUT2D eigenvalue weighted by Gasteiger charge is -2.19. The van der Waals surface area contributed by atoms with Crippen LogP contribution in [0, 0.1) is 6.92 Å². The van der Waals surface area contributed by atoms with E-state index in [4.69, 9.17) is 4.74 Å². The Labute approximate surface area is 159 Å². The molecular formula is C22H25NO4. The van der Waals surface area contributed by atoms with Crippen LogP contribution in [0.25, 0.3) is 0 Å². The van der Waals surface area contributed by atoms with Crippen LogP contribution < -0.4 is 5.32 Å². The molecule has 0 fully saturated rings. The average Bonchev–Trinajstić information content (AvgIpc) is 2.61. The Hall–Kier alpha value is -2.95. The van der Waals surface area contributed by atoms with Gasteiger partial charge in [-0.25, -0.2) is 0 Å². The van der Waals surface area contributed by atoms with Gasteiger partial charge in [-0.1, -0.05) is 57.2 Å². The highest BCUT2D eigenvalue weighted by atomic mass is 16.5. The fourth-order valence-corrected chi connectivity index (χ4v) is 2.52. The van der Waals surface area contributed by atoms with Crippen LogP contribution in [0.2, 0.25) is 0 Å². The first-order chi connectivity index (χ1) is 12.7. The van der Waals surface area contributed by atoms with Gasteiger partial charge < -0.3 is 4.74 Å². The maximum atomic E-state index is 12.1. The van der Waals surface area contributed by atoms with E-state index in [2.05, 4.69) is 26.1 Å². The minimum absolute atomic E-state index is 0.0177. The van der Waals surface area contributed by atoms with Crippen LogP contribution in [0.5, 0.6) is 0 Å². The molecule has 2 amide bonds. The third kappa shape index (κ3) is 6.06.